The van der Waals surface area contributed by atoms with E-state index in [1.54, 1.807) is 12.1 Å². The lowest BCUT2D eigenvalue weighted by Crippen LogP contribution is -2.27. The van der Waals surface area contributed by atoms with Gasteiger partial charge in [0.05, 0.1) is 6.10 Å². The molecule has 0 aromatic heterocycles. The van der Waals surface area contributed by atoms with E-state index in [4.69, 9.17) is 10.5 Å². The lowest BCUT2D eigenvalue weighted by atomic mass is 9.98. The minimum atomic E-state index is -0.185. The zero-order valence-corrected chi connectivity index (χ0v) is 10.8. The van der Waals surface area contributed by atoms with Gasteiger partial charge in [-0.3, -0.25) is 0 Å². The molecule has 0 bridgehead atoms. The first-order valence-electron chi connectivity index (χ1n) is 6.85. The fraction of sp³-hybridized carbons (Fsp3) is 0.600. The lowest BCUT2D eigenvalue weighted by molar-refractivity contribution is 0.00915. The van der Waals surface area contributed by atoms with Gasteiger partial charge in [-0.1, -0.05) is 12.1 Å². The van der Waals surface area contributed by atoms with Crippen molar-refractivity contribution < 1.29 is 9.13 Å². The Morgan fingerprint density at radius 3 is 3.00 bits per heavy atom. The summed E-state index contributed by atoms with van der Waals surface area (Å²) < 4.78 is 18.7. The second-order valence-corrected chi connectivity index (χ2v) is 5.16. The predicted molar refractivity (Wildman–Crippen MR) is 70.9 cm³/mol. The predicted octanol–water partition coefficient (Wildman–Crippen LogP) is 3.04. The van der Waals surface area contributed by atoms with Crippen molar-refractivity contribution in [1.29, 1.82) is 0 Å². The first kappa shape index (κ1) is 13.5. The van der Waals surface area contributed by atoms with Crippen molar-refractivity contribution in [3.05, 3.63) is 35.6 Å². The number of halogens is 1. The van der Waals surface area contributed by atoms with E-state index in [0.29, 0.717) is 6.10 Å². The Labute approximate surface area is 108 Å². The van der Waals surface area contributed by atoms with Crippen LogP contribution in [0, 0.1) is 5.82 Å². The van der Waals surface area contributed by atoms with Crippen LogP contribution in [0.15, 0.2) is 24.3 Å². The minimum Gasteiger partial charge on any atom is -0.378 e. The van der Waals surface area contributed by atoms with Crippen LogP contribution in [-0.4, -0.2) is 18.8 Å². The summed E-state index contributed by atoms with van der Waals surface area (Å²) in [4.78, 5) is 0. The van der Waals surface area contributed by atoms with E-state index in [0.717, 1.165) is 37.9 Å². The van der Waals surface area contributed by atoms with Gasteiger partial charge < -0.3 is 10.5 Å². The van der Waals surface area contributed by atoms with Gasteiger partial charge in [0.25, 0.3) is 0 Å². The Morgan fingerprint density at radius 1 is 1.39 bits per heavy atom. The van der Waals surface area contributed by atoms with Crippen molar-refractivity contribution in [3.8, 4) is 0 Å². The fourth-order valence-corrected chi connectivity index (χ4v) is 2.50. The van der Waals surface area contributed by atoms with Gasteiger partial charge in [0.2, 0.25) is 0 Å². The summed E-state index contributed by atoms with van der Waals surface area (Å²) in [5, 5.41) is 0. The molecule has 2 N–H and O–H groups in total. The van der Waals surface area contributed by atoms with Gasteiger partial charge in [-0.05, 0) is 56.2 Å². The van der Waals surface area contributed by atoms with E-state index in [2.05, 4.69) is 0 Å². The standard InChI is InChI=1S/C15H22FNO/c16-13-5-3-4-12(10-13)11-14(17)7-8-15-6-1-2-9-18-15/h3-5,10,14-15H,1-2,6-9,11,17H2. The number of hydrogen-bond acceptors (Lipinski definition) is 2. The Balaban J connectivity index is 1.72. The van der Waals surface area contributed by atoms with Crippen molar-refractivity contribution in [2.45, 2.75) is 50.7 Å². The normalized spacial score (nSPS) is 21.8. The molecule has 1 heterocycles. The Morgan fingerprint density at radius 2 is 2.28 bits per heavy atom. The van der Waals surface area contributed by atoms with Crippen LogP contribution in [0.3, 0.4) is 0 Å². The highest BCUT2D eigenvalue weighted by Crippen LogP contribution is 2.18. The topological polar surface area (TPSA) is 35.2 Å². The summed E-state index contributed by atoms with van der Waals surface area (Å²) in [6, 6.07) is 6.79. The number of benzene rings is 1. The average molecular weight is 251 g/mol. The van der Waals surface area contributed by atoms with E-state index < -0.39 is 0 Å². The Kier molecular flexibility index (Phi) is 5.14. The number of ether oxygens (including phenoxy) is 1. The highest BCUT2D eigenvalue weighted by molar-refractivity contribution is 5.17. The van der Waals surface area contributed by atoms with Crippen molar-refractivity contribution in [2.75, 3.05) is 6.61 Å². The van der Waals surface area contributed by atoms with Crippen molar-refractivity contribution in [1.82, 2.24) is 0 Å². The number of hydrogen-bond donors (Lipinski definition) is 1. The maximum Gasteiger partial charge on any atom is 0.123 e. The molecule has 0 aliphatic carbocycles. The van der Waals surface area contributed by atoms with Crippen LogP contribution < -0.4 is 5.73 Å². The molecule has 1 saturated heterocycles. The molecule has 1 aliphatic rings. The van der Waals surface area contributed by atoms with E-state index in [1.165, 1.54) is 18.9 Å². The largest absolute Gasteiger partial charge is 0.378 e. The van der Waals surface area contributed by atoms with Crippen LogP contribution in [0.4, 0.5) is 4.39 Å². The molecule has 2 atom stereocenters. The van der Waals surface area contributed by atoms with Crippen molar-refractivity contribution in [3.63, 3.8) is 0 Å². The molecule has 18 heavy (non-hydrogen) atoms. The number of nitrogens with two attached hydrogens (primary N) is 1. The van der Waals surface area contributed by atoms with Gasteiger partial charge in [0, 0.05) is 12.6 Å². The molecule has 0 radical (unpaired) electrons. The van der Waals surface area contributed by atoms with Crippen LogP contribution in [0.25, 0.3) is 0 Å². The zero-order chi connectivity index (χ0) is 12.8. The van der Waals surface area contributed by atoms with E-state index in [-0.39, 0.29) is 11.9 Å². The quantitative estimate of drug-likeness (QED) is 0.873. The minimum absolute atomic E-state index is 0.0947. The van der Waals surface area contributed by atoms with Gasteiger partial charge in [-0.25, -0.2) is 4.39 Å². The summed E-state index contributed by atoms with van der Waals surface area (Å²) in [5.41, 5.74) is 7.07. The second-order valence-electron chi connectivity index (χ2n) is 5.16. The third kappa shape index (κ3) is 4.39. The Hall–Kier alpha value is -0.930. The van der Waals surface area contributed by atoms with Gasteiger partial charge in [0.1, 0.15) is 5.82 Å². The third-order valence-electron chi connectivity index (χ3n) is 3.52. The second kappa shape index (κ2) is 6.86. The molecule has 2 rings (SSSR count). The van der Waals surface area contributed by atoms with Gasteiger partial charge in [-0.2, -0.15) is 0 Å². The summed E-state index contributed by atoms with van der Waals surface area (Å²) >= 11 is 0. The summed E-state index contributed by atoms with van der Waals surface area (Å²) in [6.45, 7) is 0.893. The SMILES string of the molecule is NC(CCC1CCCCO1)Cc1cccc(F)c1. The molecule has 2 unspecified atom stereocenters. The highest BCUT2D eigenvalue weighted by Gasteiger charge is 2.15. The molecule has 1 aromatic rings. The van der Waals surface area contributed by atoms with Crippen LogP contribution in [-0.2, 0) is 11.2 Å². The van der Waals surface area contributed by atoms with E-state index >= 15 is 0 Å². The summed E-state index contributed by atoms with van der Waals surface area (Å²) in [7, 11) is 0. The van der Waals surface area contributed by atoms with Crippen molar-refractivity contribution >= 4 is 0 Å². The van der Waals surface area contributed by atoms with Crippen molar-refractivity contribution in [2.24, 2.45) is 5.73 Å². The lowest BCUT2D eigenvalue weighted by Gasteiger charge is -2.23. The van der Waals surface area contributed by atoms with Gasteiger partial charge >= 0.3 is 0 Å². The van der Waals surface area contributed by atoms with Gasteiger partial charge in [-0.15, -0.1) is 0 Å². The average Bonchev–Trinajstić information content (AvgIpc) is 2.38. The molecule has 2 nitrogen and oxygen atoms in total. The van der Waals surface area contributed by atoms with Crippen LogP contribution in [0.2, 0.25) is 0 Å². The summed E-state index contributed by atoms with van der Waals surface area (Å²) in [5.74, 6) is -0.185. The molecule has 0 saturated carbocycles. The maximum atomic E-state index is 13.0. The molecule has 3 heteroatoms. The first-order valence-corrected chi connectivity index (χ1v) is 6.85. The highest BCUT2D eigenvalue weighted by atomic mass is 19.1. The molecule has 0 spiro atoms. The van der Waals surface area contributed by atoms with Crippen LogP contribution >= 0.6 is 0 Å². The zero-order valence-electron chi connectivity index (χ0n) is 10.8. The fourth-order valence-electron chi connectivity index (χ4n) is 2.50. The molecular weight excluding hydrogens is 229 g/mol. The molecule has 1 aromatic carbocycles. The van der Waals surface area contributed by atoms with E-state index in [9.17, 15) is 4.39 Å². The number of rotatable bonds is 5. The van der Waals surface area contributed by atoms with Gasteiger partial charge in [0.15, 0.2) is 0 Å². The van der Waals surface area contributed by atoms with E-state index in [1.807, 2.05) is 6.07 Å². The maximum absolute atomic E-state index is 13.0. The summed E-state index contributed by atoms with van der Waals surface area (Å²) in [6.07, 6.45) is 6.71. The molecular formula is C15H22FNO. The van der Waals surface area contributed by atoms with Crippen LogP contribution in [0.1, 0.15) is 37.7 Å². The van der Waals surface area contributed by atoms with Crippen LogP contribution in [0.5, 0.6) is 0 Å². The first-order chi connectivity index (χ1) is 8.74. The monoisotopic (exact) mass is 251 g/mol. The molecule has 1 aliphatic heterocycles. The smallest absolute Gasteiger partial charge is 0.123 e. The molecule has 100 valence electrons. The molecule has 1 fully saturated rings. The third-order valence-corrected chi connectivity index (χ3v) is 3.52. The Bertz CT molecular complexity index is 363. The molecule has 0 amide bonds.